The zero-order valence-electron chi connectivity index (χ0n) is 11.3. The summed E-state index contributed by atoms with van der Waals surface area (Å²) < 4.78 is 1.00. The first-order valence-electron chi connectivity index (χ1n) is 6.40. The van der Waals surface area contributed by atoms with Gasteiger partial charge >= 0.3 is 12.0 Å². The number of hydrogen-bond acceptors (Lipinski definition) is 4. The maximum Gasteiger partial charge on any atom is 0.357 e. The first-order chi connectivity index (χ1) is 9.43. The van der Waals surface area contributed by atoms with Crippen molar-refractivity contribution >= 4 is 23.6 Å². The Morgan fingerprint density at radius 3 is 2.75 bits per heavy atom. The van der Waals surface area contributed by atoms with Crippen molar-refractivity contribution in [3.63, 3.8) is 0 Å². The Labute approximate surface area is 121 Å². The van der Waals surface area contributed by atoms with Crippen molar-refractivity contribution in [3.8, 4) is 0 Å². The maximum atomic E-state index is 12.3. The highest BCUT2D eigenvalue weighted by Gasteiger charge is 2.30. The molecule has 1 aliphatic rings. The number of halogens is 1. The van der Waals surface area contributed by atoms with E-state index in [0.717, 1.165) is 17.5 Å². The molecule has 2 atom stereocenters. The quantitative estimate of drug-likeness (QED) is 0.859. The summed E-state index contributed by atoms with van der Waals surface area (Å²) in [6.45, 7) is 2.57. The molecule has 2 heterocycles. The summed E-state index contributed by atoms with van der Waals surface area (Å²) in [4.78, 5) is 24.9. The Balaban J connectivity index is 2.15. The normalized spacial score (nSPS) is 22.9. The zero-order chi connectivity index (χ0) is 14.9. The summed E-state index contributed by atoms with van der Waals surface area (Å²) >= 11 is 5.76. The molecule has 2 N–H and O–H groups in total. The summed E-state index contributed by atoms with van der Waals surface area (Å²) in [6.07, 6.45) is 2.95. The molecule has 0 radical (unpaired) electrons. The molecule has 1 unspecified atom stereocenters. The second-order valence-corrected chi connectivity index (χ2v) is 5.32. The van der Waals surface area contributed by atoms with Gasteiger partial charge in [-0.2, -0.15) is 9.78 Å². The molecule has 0 aromatic carbocycles. The van der Waals surface area contributed by atoms with E-state index in [1.54, 1.807) is 4.90 Å². The van der Waals surface area contributed by atoms with Gasteiger partial charge in [0.05, 0.1) is 11.2 Å². The molecule has 1 aromatic rings. The summed E-state index contributed by atoms with van der Waals surface area (Å²) in [5.41, 5.74) is -0.308. The average molecular weight is 301 g/mol. The zero-order valence-corrected chi connectivity index (χ0v) is 12.1. The lowest BCUT2D eigenvalue weighted by atomic mass is 9.99. The topological polar surface area (TPSA) is 87.5 Å². The van der Waals surface area contributed by atoms with Gasteiger partial charge in [-0.25, -0.2) is 9.59 Å². The Hall–Kier alpha value is -1.60. The third kappa shape index (κ3) is 2.78. The monoisotopic (exact) mass is 300 g/mol. The lowest BCUT2D eigenvalue weighted by Crippen LogP contribution is -2.50. The lowest BCUT2D eigenvalue weighted by molar-refractivity contribution is 0.0690. The van der Waals surface area contributed by atoms with Crippen LogP contribution in [0.1, 0.15) is 30.3 Å². The van der Waals surface area contributed by atoms with Gasteiger partial charge < -0.3 is 15.3 Å². The lowest BCUT2D eigenvalue weighted by Gasteiger charge is -2.37. The van der Waals surface area contributed by atoms with Crippen LogP contribution in [-0.2, 0) is 0 Å². The molecule has 8 heteroatoms. The number of piperidine rings is 1. The van der Waals surface area contributed by atoms with E-state index in [4.69, 9.17) is 16.7 Å². The maximum absolute atomic E-state index is 12.3. The summed E-state index contributed by atoms with van der Waals surface area (Å²) in [5.74, 6) is -1.25. The molecule has 7 nitrogen and oxygen atoms in total. The molecule has 110 valence electrons. The second-order valence-electron chi connectivity index (χ2n) is 4.91. The number of hydrogen-bond donors (Lipinski definition) is 2. The Morgan fingerprint density at radius 2 is 2.25 bits per heavy atom. The Morgan fingerprint density at radius 1 is 1.55 bits per heavy atom. The number of aromatic nitrogens is 2. The van der Waals surface area contributed by atoms with E-state index < -0.39 is 5.97 Å². The summed E-state index contributed by atoms with van der Waals surface area (Å²) in [7, 11) is 1.90. The van der Waals surface area contributed by atoms with Crippen molar-refractivity contribution in [1.29, 1.82) is 0 Å². The van der Waals surface area contributed by atoms with Gasteiger partial charge in [0.1, 0.15) is 0 Å². The van der Waals surface area contributed by atoms with Crippen molar-refractivity contribution in [2.75, 3.05) is 13.6 Å². The van der Waals surface area contributed by atoms with Crippen molar-refractivity contribution in [3.05, 3.63) is 16.9 Å². The van der Waals surface area contributed by atoms with Crippen LogP contribution in [0.15, 0.2) is 6.20 Å². The van der Waals surface area contributed by atoms with Crippen LogP contribution >= 0.6 is 11.6 Å². The van der Waals surface area contributed by atoms with E-state index in [0.29, 0.717) is 12.6 Å². The number of likely N-dealkylation sites (tertiary alicyclic amines) is 1. The molecule has 1 fully saturated rings. The Kier molecular flexibility index (Phi) is 4.29. The van der Waals surface area contributed by atoms with Gasteiger partial charge in [0.25, 0.3) is 0 Å². The predicted octanol–water partition coefficient (Wildman–Crippen LogP) is 1.28. The Bertz CT molecular complexity index is 531. The second kappa shape index (κ2) is 5.80. The van der Waals surface area contributed by atoms with Crippen molar-refractivity contribution < 1.29 is 14.7 Å². The minimum atomic E-state index is -1.25. The first kappa shape index (κ1) is 14.8. The van der Waals surface area contributed by atoms with Gasteiger partial charge in [-0.1, -0.05) is 11.6 Å². The van der Waals surface area contributed by atoms with Crippen LogP contribution in [0.3, 0.4) is 0 Å². The van der Waals surface area contributed by atoms with Crippen LogP contribution < -0.4 is 5.32 Å². The number of nitrogens with zero attached hydrogens (tertiary/aromatic N) is 3. The molecule has 0 spiro atoms. The summed E-state index contributed by atoms with van der Waals surface area (Å²) in [5, 5.41) is 15.8. The highest BCUT2D eigenvalue weighted by Crippen LogP contribution is 2.20. The number of carbonyl (C=O) groups is 2. The first-order valence-corrected chi connectivity index (χ1v) is 6.78. The molecule has 0 saturated carbocycles. The minimum absolute atomic E-state index is 0.0383. The fraction of sp³-hybridized carbons (Fsp3) is 0.583. The molecule has 1 aromatic heterocycles. The van der Waals surface area contributed by atoms with Gasteiger partial charge in [-0.15, -0.1) is 0 Å². The van der Waals surface area contributed by atoms with Crippen LogP contribution in [0, 0.1) is 0 Å². The van der Waals surface area contributed by atoms with Crippen LogP contribution in [0.25, 0.3) is 0 Å². The van der Waals surface area contributed by atoms with E-state index in [1.165, 1.54) is 6.20 Å². The minimum Gasteiger partial charge on any atom is -0.476 e. The number of aromatic carboxylic acids is 1. The number of rotatable bonds is 2. The van der Waals surface area contributed by atoms with Gasteiger partial charge in [0.15, 0.2) is 5.69 Å². The largest absolute Gasteiger partial charge is 0.476 e. The highest BCUT2D eigenvalue weighted by molar-refractivity contribution is 6.33. The molecule has 20 heavy (non-hydrogen) atoms. The molecular weight excluding hydrogens is 284 g/mol. The number of amides is 1. The van der Waals surface area contributed by atoms with E-state index in [2.05, 4.69) is 10.4 Å². The van der Waals surface area contributed by atoms with Crippen LogP contribution in [0.4, 0.5) is 4.79 Å². The number of carboxylic acids is 1. The fourth-order valence-electron chi connectivity index (χ4n) is 2.45. The number of nitrogens with one attached hydrogen (secondary N) is 1. The van der Waals surface area contributed by atoms with Gasteiger partial charge in [0.2, 0.25) is 0 Å². The molecule has 0 bridgehead atoms. The van der Waals surface area contributed by atoms with Crippen molar-refractivity contribution in [2.45, 2.75) is 31.8 Å². The average Bonchev–Trinajstić information content (AvgIpc) is 2.80. The predicted molar refractivity (Wildman–Crippen MR) is 73.2 cm³/mol. The molecule has 1 saturated heterocycles. The smallest absolute Gasteiger partial charge is 0.357 e. The van der Waals surface area contributed by atoms with Crippen LogP contribution in [0.5, 0.6) is 0 Å². The van der Waals surface area contributed by atoms with Crippen LogP contribution in [-0.4, -0.2) is 57.5 Å². The van der Waals surface area contributed by atoms with E-state index >= 15 is 0 Å². The van der Waals surface area contributed by atoms with E-state index in [9.17, 15) is 9.59 Å². The standard InChI is InChI=1S/C12H17ClN4O3/c1-7-5-8(14-2)3-4-16(7)12(20)17-6-9(13)10(15-17)11(18)19/h6-8,14H,3-5H2,1-2H3,(H,18,19)/t7-,8?/m0/s1. The van der Waals surface area contributed by atoms with Gasteiger partial charge in [-0.05, 0) is 26.8 Å². The molecule has 2 rings (SSSR count). The van der Waals surface area contributed by atoms with Crippen LogP contribution in [0.2, 0.25) is 5.02 Å². The van der Waals surface area contributed by atoms with E-state index in [1.807, 2.05) is 14.0 Å². The van der Waals surface area contributed by atoms with Crippen molar-refractivity contribution in [2.24, 2.45) is 0 Å². The number of carbonyl (C=O) groups excluding carboxylic acids is 1. The molecule has 1 amide bonds. The summed E-state index contributed by atoms with van der Waals surface area (Å²) in [6, 6.07) is 0.108. The molecular formula is C12H17ClN4O3. The highest BCUT2D eigenvalue weighted by atomic mass is 35.5. The SMILES string of the molecule is CNC1CCN(C(=O)n2cc(Cl)c(C(=O)O)n2)[C@@H](C)C1. The third-order valence-corrected chi connectivity index (χ3v) is 3.87. The van der Waals surface area contributed by atoms with Gasteiger partial charge in [-0.3, -0.25) is 0 Å². The molecule has 1 aliphatic heterocycles. The van der Waals surface area contributed by atoms with Crippen molar-refractivity contribution in [1.82, 2.24) is 20.0 Å². The number of carboxylic acid groups (broad SMARTS) is 1. The molecule has 0 aliphatic carbocycles. The fourth-order valence-corrected chi connectivity index (χ4v) is 2.66. The third-order valence-electron chi connectivity index (χ3n) is 3.60. The van der Waals surface area contributed by atoms with Gasteiger partial charge in [0, 0.05) is 18.6 Å². The van der Waals surface area contributed by atoms with E-state index in [-0.39, 0.29) is 22.8 Å².